The summed E-state index contributed by atoms with van der Waals surface area (Å²) in [5, 5.41) is 0.935. The second-order valence-corrected chi connectivity index (χ2v) is 2.61. The molecule has 0 radical (unpaired) electrons. The number of H-pyrrole nitrogens is 1. The summed E-state index contributed by atoms with van der Waals surface area (Å²) in [4.78, 5) is 21.0. The Labute approximate surface area is 68.3 Å². The maximum atomic E-state index is 10.8. The van der Waals surface area contributed by atoms with Crippen LogP contribution in [0.2, 0.25) is 0 Å². The molecule has 0 bridgehead atoms. The highest BCUT2D eigenvalue weighted by atomic mass is 16.1. The molecule has 2 rings (SSSR count). The molecule has 0 atom stereocenters. The topological polar surface area (TPSA) is 58.6 Å². The van der Waals surface area contributed by atoms with Gasteiger partial charge in [-0.15, -0.1) is 0 Å². The van der Waals surface area contributed by atoms with Crippen molar-refractivity contribution < 1.29 is 0 Å². The number of pyridine rings is 1. The maximum Gasteiger partial charge on any atom is 0.345 e. The van der Waals surface area contributed by atoms with Gasteiger partial charge in [-0.3, -0.25) is 4.98 Å². The molecule has 0 aliphatic rings. The standard InChI is InChI=1S/C8H7N3O/c1-5-2-9-4-7-6(5)3-10-8(12)11-7/h2-4H,1H3,(H,10,11,12). The van der Waals surface area contributed by atoms with Gasteiger partial charge >= 0.3 is 5.69 Å². The Morgan fingerprint density at radius 2 is 2.17 bits per heavy atom. The van der Waals surface area contributed by atoms with Crippen LogP contribution < -0.4 is 5.69 Å². The molecule has 0 saturated carbocycles. The van der Waals surface area contributed by atoms with E-state index in [0.717, 1.165) is 16.5 Å². The first kappa shape index (κ1) is 6.97. The lowest BCUT2D eigenvalue weighted by Gasteiger charge is -1.97. The summed E-state index contributed by atoms with van der Waals surface area (Å²) < 4.78 is 0. The van der Waals surface area contributed by atoms with E-state index < -0.39 is 0 Å². The largest absolute Gasteiger partial charge is 0.345 e. The fourth-order valence-corrected chi connectivity index (χ4v) is 1.12. The molecule has 0 spiro atoms. The number of aromatic amines is 1. The summed E-state index contributed by atoms with van der Waals surface area (Å²) in [5.41, 5.74) is 1.40. The third-order valence-corrected chi connectivity index (χ3v) is 1.74. The lowest BCUT2D eigenvalue weighted by atomic mass is 10.2. The first-order valence-corrected chi connectivity index (χ1v) is 3.57. The Morgan fingerprint density at radius 1 is 1.33 bits per heavy atom. The smallest absolute Gasteiger partial charge is 0.304 e. The number of nitrogens with one attached hydrogen (secondary N) is 1. The molecule has 0 aliphatic carbocycles. The van der Waals surface area contributed by atoms with Gasteiger partial charge in [-0.2, -0.15) is 0 Å². The molecule has 2 heterocycles. The molecule has 1 N–H and O–H groups in total. The van der Waals surface area contributed by atoms with Crippen molar-refractivity contribution in [3.8, 4) is 0 Å². The van der Waals surface area contributed by atoms with Gasteiger partial charge in [0.05, 0.1) is 11.7 Å². The van der Waals surface area contributed by atoms with Crippen molar-refractivity contribution in [2.75, 3.05) is 0 Å². The molecule has 2 aromatic heterocycles. The van der Waals surface area contributed by atoms with Gasteiger partial charge in [-0.25, -0.2) is 9.78 Å². The van der Waals surface area contributed by atoms with Crippen molar-refractivity contribution >= 4 is 10.9 Å². The number of fused-ring (bicyclic) bond motifs is 1. The van der Waals surface area contributed by atoms with E-state index in [2.05, 4.69) is 15.0 Å². The summed E-state index contributed by atoms with van der Waals surface area (Å²) >= 11 is 0. The number of aryl methyl sites for hydroxylation is 1. The molecular weight excluding hydrogens is 154 g/mol. The maximum absolute atomic E-state index is 10.8. The lowest BCUT2D eigenvalue weighted by molar-refractivity contribution is 1.11. The zero-order valence-corrected chi connectivity index (χ0v) is 6.53. The van der Waals surface area contributed by atoms with Crippen LogP contribution in [0.25, 0.3) is 10.9 Å². The van der Waals surface area contributed by atoms with E-state index in [1.807, 2.05) is 6.92 Å². The van der Waals surface area contributed by atoms with Crippen molar-refractivity contribution in [3.63, 3.8) is 0 Å². The minimum atomic E-state index is -0.338. The molecule has 4 nitrogen and oxygen atoms in total. The highest BCUT2D eigenvalue weighted by Gasteiger charge is 1.97. The van der Waals surface area contributed by atoms with Gasteiger partial charge < -0.3 is 4.98 Å². The van der Waals surface area contributed by atoms with E-state index in [4.69, 9.17) is 0 Å². The van der Waals surface area contributed by atoms with E-state index in [0.29, 0.717) is 0 Å². The van der Waals surface area contributed by atoms with E-state index >= 15 is 0 Å². The fourth-order valence-electron chi connectivity index (χ4n) is 1.12. The molecule has 4 heteroatoms. The normalized spacial score (nSPS) is 10.4. The van der Waals surface area contributed by atoms with E-state index in [9.17, 15) is 4.79 Å². The van der Waals surface area contributed by atoms with Crippen LogP contribution in [0.5, 0.6) is 0 Å². The molecule has 2 aromatic rings. The molecule has 0 unspecified atom stereocenters. The van der Waals surface area contributed by atoms with Crippen LogP contribution in [0.3, 0.4) is 0 Å². The third kappa shape index (κ3) is 0.972. The molecule has 60 valence electrons. The Morgan fingerprint density at radius 3 is 3.00 bits per heavy atom. The third-order valence-electron chi connectivity index (χ3n) is 1.74. The van der Waals surface area contributed by atoms with Crippen LogP contribution in [-0.4, -0.2) is 15.0 Å². The van der Waals surface area contributed by atoms with Crippen LogP contribution in [0.15, 0.2) is 23.4 Å². The first-order valence-electron chi connectivity index (χ1n) is 3.57. The van der Waals surface area contributed by atoms with Gasteiger partial charge in [-0.1, -0.05) is 0 Å². The number of hydrogen-bond donors (Lipinski definition) is 1. The van der Waals surface area contributed by atoms with Gasteiger partial charge in [0.1, 0.15) is 0 Å². The molecule has 0 aliphatic heterocycles. The molecule has 0 fully saturated rings. The van der Waals surface area contributed by atoms with Crippen LogP contribution in [-0.2, 0) is 0 Å². The van der Waals surface area contributed by atoms with E-state index in [1.165, 1.54) is 0 Å². The first-order chi connectivity index (χ1) is 5.77. The second-order valence-electron chi connectivity index (χ2n) is 2.61. The summed E-state index contributed by atoms with van der Waals surface area (Å²) in [6.07, 6.45) is 4.92. The predicted octanol–water partition coefficient (Wildman–Crippen LogP) is 0.627. The zero-order chi connectivity index (χ0) is 8.55. The van der Waals surface area contributed by atoms with Crippen molar-refractivity contribution in [1.82, 2.24) is 15.0 Å². The van der Waals surface area contributed by atoms with E-state index in [1.54, 1.807) is 18.6 Å². The molecule has 0 saturated heterocycles. The van der Waals surface area contributed by atoms with Gasteiger partial charge in [0.15, 0.2) is 0 Å². The fraction of sp³-hybridized carbons (Fsp3) is 0.125. The highest BCUT2D eigenvalue weighted by molar-refractivity contribution is 5.79. The van der Waals surface area contributed by atoms with Crippen molar-refractivity contribution in [1.29, 1.82) is 0 Å². The molecular formula is C8H7N3O. The number of aromatic nitrogens is 3. The Bertz CT molecular complexity index is 475. The summed E-state index contributed by atoms with van der Waals surface area (Å²) in [6.45, 7) is 1.93. The van der Waals surface area contributed by atoms with Gasteiger partial charge in [0.25, 0.3) is 0 Å². The van der Waals surface area contributed by atoms with Crippen LogP contribution in [0.4, 0.5) is 0 Å². The Balaban J connectivity index is 2.96. The molecule has 0 aromatic carbocycles. The van der Waals surface area contributed by atoms with Crippen LogP contribution in [0.1, 0.15) is 5.56 Å². The van der Waals surface area contributed by atoms with Crippen LogP contribution >= 0.6 is 0 Å². The average Bonchev–Trinajstić information content (AvgIpc) is 2.04. The van der Waals surface area contributed by atoms with Crippen molar-refractivity contribution in [3.05, 3.63) is 34.6 Å². The van der Waals surface area contributed by atoms with Crippen molar-refractivity contribution in [2.45, 2.75) is 6.92 Å². The summed E-state index contributed by atoms with van der Waals surface area (Å²) in [5.74, 6) is 0. The minimum Gasteiger partial charge on any atom is -0.304 e. The number of hydrogen-bond acceptors (Lipinski definition) is 3. The number of rotatable bonds is 0. The van der Waals surface area contributed by atoms with Gasteiger partial charge in [-0.05, 0) is 12.5 Å². The lowest BCUT2D eigenvalue weighted by Crippen LogP contribution is -2.08. The summed E-state index contributed by atoms with van der Waals surface area (Å²) in [7, 11) is 0. The van der Waals surface area contributed by atoms with E-state index in [-0.39, 0.29) is 5.69 Å². The molecule has 12 heavy (non-hydrogen) atoms. The monoisotopic (exact) mass is 161 g/mol. The van der Waals surface area contributed by atoms with Crippen molar-refractivity contribution in [2.24, 2.45) is 0 Å². The summed E-state index contributed by atoms with van der Waals surface area (Å²) in [6, 6.07) is 0. The predicted molar refractivity (Wildman–Crippen MR) is 44.9 cm³/mol. The van der Waals surface area contributed by atoms with Gasteiger partial charge in [0, 0.05) is 17.8 Å². The second kappa shape index (κ2) is 2.41. The van der Waals surface area contributed by atoms with Crippen LogP contribution in [0, 0.1) is 6.92 Å². The average molecular weight is 161 g/mol. The SMILES string of the molecule is Cc1cncc2[nH]c(=O)ncc12. The zero-order valence-electron chi connectivity index (χ0n) is 6.53. The van der Waals surface area contributed by atoms with Gasteiger partial charge in [0.2, 0.25) is 0 Å². The minimum absolute atomic E-state index is 0.338. The highest BCUT2D eigenvalue weighted by Crippen LogP contribution is 2.10. The Hall–Kier alpha value is -1.71. The quantitative estimate of drug-likeness (QED) is 0.616. The Kier molecular flexibility index (Phi) is 1.40. The molecule has 0 amide bonds. The number of nitrogens with zero attached hydrogens (tertiary/aromatic N) is 2.